The lowest BCUT2D eigenvalue weighted by molar-refractivity contribution is -0.140. The molecule has 6 heteroatoms. The Hall–Kier alpha value is -0.0300. The van der Waals surface area contributed by atoms with E-state index in [9.17, 15) is 4.79 Å². The minimum Gasteiger partial charge on any atom is -0.480 e. The predicted molar refractivity (Wildman–Crippen MR) is 53.2 cm³/mol. The van der Waals surface area contributed by atoms with Crippen LogP contribution in [0.4, 0.5) is 0 Å². The quantitative estimate of drug-likeness (QED) is 0.499. The van der Waals surface area contributed by atoms with E-state index in [2.05, 4.69) is 5.43 Å². The Morgan fingerprint density at radius 1 is 1.46 bits per heavy atom. The molecule has 0 unspecified atom stereocenters. The van der Waals surface area contributed by atoms with Crippen LogP contribution in [0.3, 0.4) is 0 Å². The second-order valence-corrected chi connectivity index (χ2v) is 3.31. The van der Waals surface area contributed by atoms with Gasteiger partial charge in [0.15, 0.2) is 0 Å². The van der Waals surface area contributed by atoms with Gasteiger partial charge in [-0.05, 0) is 6.92 Å². The van der Waals surface area contributed by atoms with Crippen molar-refractivity contribution < 1.29 is 9.90 Å². The normalized spacial score (nSPS) is 13.2. The molecular weight excluding hydrogens is 215 g/mol. The molecule has 1 atom stereocenters. The first-order valence-corrected chi connectivity index (χ1v) is 5.04. The molecule has 0 saturated carbocycles. The minimum atomic E-state index is -0.894. The van der Waals surface area contributed by atoms with Crippen molar-refractivity contribution in [2.45, 2.75) is 13.0 Å². The zero-order chi connectivity index (χ0) is 10.3. The molecule has 0 aromatic carbocycles. The van der Waals surface area contributed by atoms with Crippen LogP contribution in [0.5, 0.6) is 0 Å². The number of hydrogen-bond acceptors (Lipinski definition) is 3. The zero-order valence-electron chi connectivity index (χ0n) is 7.46. The average molecular weight is 229 g/mol. The SMILES string of the molecule is C[C@@H](NN(CCCl)CCCl)C(=O)O. The van der Waals surface area contributed by atoms with Crippen LogP contribution in [0.25, 0.3) is 0 Å². The second kappa shape index (κ2) is 7.38. The van der Waals surface area contributed by atoms with Gasteiger partial charge in [0.05, 0.1) is 0 Å². The molecule has 78 valence electrons. The van der Waals surface area contributed by atoms with Crippen LogP contribution >= 0.6 is 23.2 Å². The molecule has 0 aromatic rings. The van der Waals surface area contributed by atoms with Crippen molar-refractivity contribution in [3.63, 3.8) is 0 Å². The summed E-state index contributed by atoms with van der Waals surface area (Å²) < 4.78 is 0. The highest BCUT2D eigenvalue weighted by molar-refractivity contribution is 6.18. The molecule has 0 saturated heterocycles. The highest BCUT2D eigenvalue weighted by atomic mass is 35.5. The molecule has 0 amide bonds. The van der Waals surface area contributed by atoms with Gasteiger partial charge in [0.25, 0.3) is 0 Å². The van der Waals surface area contributed by atoms with Crippen molar-refractivity contribution in [1.29, 1.82) is 0 Å². The van der Waals surface area contributed by atoms with Crippen molar-refractivity contribution in [1.82, 2.24) is 10.4 Å². The van der Waals surface area contributed by atoms with E-state index in [-0.39, 0.29) is 0 Å². The van der Waals surface area contributed by atoms with Crippen molar-refractivity contribution >= 4 is 29.2 Å². The fourth-order valence-corrected chi connectivity index (χ4v) is 1.18. The van der Waals surface area contributed by atoms with Gasteiger partial charge < -0.3 is 5.11 Å². The molecule has 4 nitrogen and oxygen atoms in total. The molecule has 0 rings (SSSR count). The second-order valence-electron chi connectivity index (χ2n) is 2.55. The summed E-state index contributed by atoms with van der Waals surface area (Å²) in [5, 5.41) is 10.3. The number of aliphatic carboxylic acids is 1. The largest absolute Gasteiger partial charge is 0.480 e. The van der Waals surface area contributed by atoms with Gasteiger partial charge in [-0.3, -0.25) is 4.79 Å². The summed E-state index contributed by atoms with van der Waals surface area (Å²) in [5.74, 6) is -0.0129. The van der Waals surface area contributed by atoms with Gasteiger partial charge in [-0.15, -0.1) is 23.2 Å². The lowest BCUT2D eigenvalue weighted by Gasteiger charge is -2.23. The Morgan fingerprint density at radius 2 is 1.92 bits per heavy atom. The number of alkyl halides is 2. The van der Waals surface area contributed by atoms with Gasteiger partial charge >= 0.3 is 5.97 Å². The average Bonchev–Trinajstić information content (AvgIpc) is 2.05. The highest BCUT2D eigenvalue weighted by Gasteiger charge is 2.13. The van der Waals surface area contributed by atoms with Crippen LogP contribution < -0.4 is 5.43 Å². The third kappa shape index (κ3) is 6.10. The lowest BCUT2D eigenvalue weighted by Crippen LogP contribution is -2.48. The van der Waals surface area contributed by atoms with Gasteiger partial charge in [0, 0.05) is 24.8 Å². The molecular formula is C7H14Cl2N2O2. The van der Waals surface area contributed by atoms with Crippen LogP contribution in [0.2, 0.25) is 0 Å². The maximum absolute atomic E-state index is 10.5. The van der Waals surface area contributed by atoms with Crippen LogP contribution in [-0.2, 0) is 4.79 Å². The molecule has 0 aliphatic carbocycles. The third-order valence-corrected chi connectivity index (χ3v) is 1.79. The Kier molecular flexibility index (Phi) is 7.36. The van der Waals surface area contributed by atoms with Crippen molar-refractivity contribution in [3.05, 3.63) is 0 Å². The van der Waals surface area contributed by atoms with E-state index in [4.69, 9.17) is 28.3 Å². The molecule has 0 bridgehead atoms. The standard InChI is InChI=1S/C7H14Cl2N2O2/c1-6(7(12)13)10-11(4-2-8)5-3-9/h6,10H,2-5H2,1H3,(H,12,13)/t6-/m1/s1. The van der Waals surface area contributed by atoms with E-state index in [0.717, 1.165) is 0 Å². The van der Waals surface area contributed by atoms with Crippen LogP contribution in [0, 0.1) is 0 Å². The van der Waals surface area contributed by atoms with Crippen LogP contribution in [-0.4, -0.2) is 47.0 Å². The van der Waals surface area contributed by atoms with E-state index in [1.807, 2.05) is 0 Å². The monoisotopic (exact) mass is 228 g/mol. The Bertz CT molecular complexity index is 151. The van der Waals surface area contributed by atoms with Gasteiger partial charge in [0.2, 0.25) is 0 Å². The van der Waals surface area contributed by atoms with E-state index in [0.29, 0.717) is 24.8 Å². The third-order valence-electron chi connectivity index (χ3n) is 1.46. The summed E-state index contributed by atoms with van der Waals surface area (Å²) in [5.41, 5.74) is 2.78. The molecule has 0 spiro atoms. The van der Waals surface area contributed by atoms with Gasteiger partial charge in [0.1, 0.15) is 6.04 Å². The highest BCUT2D eigenvalue weighted by Crippen LogP contribution is 1.91. The summed E-state index contributed by atoms with van der Waals surface area (Å²) in [7, 11) is 0. The molecule has 0 aliphatic heterocycles. The molecule has 0 radical (unpaired) electrons. The number of nitrogens with one attached hydrogen (secondary N) is 1. The van der Waals surface area contributed by atoms with Gasteiger partial charge in [-0.1, -0.05) is 0 Å². The molecule has 0 aliphatic rings. The Labute approximate surface area is 87.8 Å². The topological polar surface area (TPSA) is 52.6 Å². The molecule has 0 heterocycles. The van der Waals surface area contributed by atoms with E-state index < -0.39 is 12.0 Å². The minimum absolute atomic E-state index is 0.441. The molecule has 2 N–H and O–H groups in total. The van der Waals surface area contributed by atoms with Crippen molar-refractivity contribution in [2.24, 2.45) is 0 Å². The number of rotatable bonds is 7. The number of nitrogens with zero attached hydrogens (tertiary/aromatic N) is 1. The van der Waals surface area contributed by atoms with E-state index >= 15 is 0 Å². The number of hydrazine groups is 1. The van der Waals surface area contributed by atoms with E-state index in [1.54, 1.807) is 11.9 Å². The number of halogens is 2. The van der Waals surface area contributed by atoms with Crippen LogP contribution in [0.15, 0.2) is 0 Å². The summed E-state index contributed by atoms with van der Waals surface area (Å²) in [6, 6.07) is -0.619. The Balaban J connectivity index is 3.85. The first kappa shape index (κ1) is 13.0. The molecule has 0 aromatic heterocycles. The number of hydrogen-bond donors (Lipinski definition) is 2. The summed E-state index contributed by atoms with van der Waals surface area (Å²) in [4.78, 5) is 10.5. The number of carboxylic acids is 1. The summed E-state index contributed by atoms with van der Waals surface area (Å²) in [6.45, 7) is 2.72. The number of carbonyl (C=O) groups is 1. The fraction of sp³-hybridized carbons (Fsp3) is 0.857. The molecule has 13 heavy (non-hydrogen) atoms. The first-order valence-electron chi connectivity index (χ1n) is 3.97. The van der Waals surface area contributed by atoms with Crippen molar-refractivity contribution in [3.8, 4) is 0 Å². The first-order chi connectivity index (χ1) is 6.11. The zero-order valence-corrected chi connectivity index (χ0v) is 8.98. The lowest BCUT2D eigenvalue weighted by atomic mass is 10.4. The Morgan fingerprint density at radius 3 is 2.23 bits per heavy atom. The smallest absolute Gasteiger partial charge is 0.321 e. The summed E-state index contributed by atoms with van der Waals surface area (Å²) in [6.07, 6.45) is 0. The summed E-state index contributed by atoms with van der Waals surface area (Å²) >= 11 is 11.0. The van der Waals surface area contributed by atoms with Gasteiger partial charge in [-0.25, -0.2) is 10.4 Å². The molecule has 0 fully saturated rings. The van der Waals surface area contributed by atoms with Gasteiger partial charge in [-0.2, -0.15) is 0 Å². The maximum Gasteiger partial charge on any atom is 0.321 e. The van der Waals surface area contributed by atoms with Crippen LogP contribution in [0.1, 0.15) is 6.92 Å². The maximum atomic E-state index is 10.5. The number of carboxylic acid groups (broad SMARTS) is 1. The van der Waals surface area contributed by atoms with E-state index in [1.165, 1.54) is 0 Å². The van der Waals surface area contributed by atoms with Crippen molar-refractivity contribution in [2.75, 3.05) is 24.8 Å². The predicted octanol–water partition coefficient (Wildman–Crippen LogP) is 0.744. The fourth-order valence-electron chi connectivity index (χ4n) is 0.774.